The number of hydrogen-bond donors (Lipinski definition) is 0. The molecule has 0 aliphatic heterocycles. The second-order valence-electron chi connectivity index (χ2n) is 5.75. The average Bonchev–Trinajstić information content (AvgIpc) is 2.29. The molecule has 16 heavy (non-hydrogen) atoms. The zero-order valence-electron chi connectivity index (χ0n) is 11.1. The normalized spacial score (nSPS) is 30.9. The van der Waals surface area contributed by atoms with Gasteiger partial charge in [0.25, 0.3) is 0 Å². The van der Waals surface area contributed by atoms with E-state index in [2.05, 4.69) is 36.7 Å². The van der Waals surface area contributed by atoms with Crippen molar-refractivity contribution in [1.82, 2.24) is 0 Å². The van der Waals surface area contributed by atoms with Gasteiger partial charge < -0.3 is 4.74 Å². The fourth-order valence-electron chi connectivity index (χ4n) is 2.56. The first-order chi connectivity index (χ1) is 7.62. The van der Waals surface area contributed by atoms with Crippen molar-refractivity contribution in [2.75, 3.05) is 11.9 Å². The number of halogens is 1. The van der Waals surface area contributed by atoms with Crippen LogP contribution in [-0.4, -0.2) is 17.5 Å². The van der Waals surface area contributed by atoms with E-state index in [1.54, 1.807) is 0 Å². The van der Waals surface area contributed by atoms with E-state index in [9.17, 15) is 0 Å². The van der Waals surface area contributed by atoms with Crippen LogP contribution < -0.4 is 0 Å². The molecule has 96 valence electrons. The van der Waals surface area contributed by atoms with Crippen molar-refractivity contribution in [2.45, 2.75) is 64.9 Å². The number of ether oxygens (including phenoxy) is 1. The number of rotatable bonds is 6. The lowest BCUT2D eigenvalue weighted by molar-refractivity contribution is -0.0703. The van der Waals surface area contributed by atoms with Gasteiger partial charge in [-0.1, -0.05) is 49.5 Å². The molecule has 1 rings (SSSR count). The quantitative estimate of drug-likeness (QED) is 0.640. The highest BCUT2D eigenvalue weighted by Gasteiger charge is 2.35. The molecule has 1 fully saturated rings. The van der Waals surface area contributed by atoms with Crippen molar-refractivity contribution in [2.24, 2.45) is 11.8 Å². The van der Waals surface area contributed by atoms with Crippen LogP contribution in [0.5, 0.6) is 0 Å². The maximum absolute atomic E-state index is 6.16. The number of alkyl halides is 1. The molecule has 0 aromatic carbocycles. The summed E-state index contributed by atoms with van der Waals surface area (Å²) in [6.45, 7) is 7.65. The topological polar surface area (TPSA) is 9.23 Å². The fraction of sp³-hybridized carbons (Fsp3) is 1.00. The molecule has 0 atom stereocenters. The van der Waals surface area contributed by atoms with Crippen molar-refractivity contribution >= 4 is 15.9 Å². The predicted molar refractivity (Wildman–Crippen MR) is 74.2 cm³/mol. The third-order valence-corrected chi connectivity index (χ3v) is 4.70. The van der Waals surface area contributed by atoms with Crippen LogP contribution >= 0.6 is 15.9 Å². The maximum Gasteiger partial charge on any atom is 0.0779 e. The third kappa shape index (κ3) is 4.37. The Morgan fingerprint density at radius 2 is 1.94 bits per heavy atom. The van der Waals surface area contributed by atoms with Gasteiger partial charge in [-0.2, -0.15) is 0 Å². The summed E-state index contributed by atoms with van der Waals surface area (Å²) in [6.07, 6.45) is 7.95. The molecule has 0 unspecified atom stereocenters. The maximum atomic E-state index is 6.16. The summed E-state index contributed by atoms with van der Waals surface area (Å²) in [5, 5.41) is 1.01. The Labute approximate surface area is 109 Å². The molecule has 0 radical (unpaired) electrons. The van der Waals surface area contributed by atoms with Gasteiger partial charge in [-0.3, -0.25) is 0 Å². The highest BCUT2D eigenvalue weighted by molar-refractivity contribution is 9.09. The molecule has 0 saturated heterocycles. The van der Waals surface area contributed by atoms with Gasteiger partial charge >= 0.3 is 0 Å². The van der Waals surface area contributed by atoms with E-state index in [4.69, 9.17) is 4.74 Å². The SMILES string of the molecule is CCCC1CCC(CBr)(OCC(C)C)CC1. The lowest BCUT2D eigenvalue weighted by Crippen LogP contribution is -2.39. The minimum Gasteiger partial charge on any atom is -0.374 e. The Balaban J connectivity index is 2.38. The molecule has 0 heterocycles. The molecular weight excluding hydrogens is 264 g/mol. The second kappa shape index (κ2) is 7.00. The first-order valence-electron chi connectivity index (χ1n) is 6.82. The highest BCUT2D eigenvalue weighted by Crippen LogP contribution is 2.38. The van der Waals surface area contributed by atoms with Gasteiger partial charge in [0.2, 0.25) is 0 Å². The average molecular weight is 291 g/mol. The van der Waals surface area contributed by atoms with E-state index in [-0.39, 0.29) is 5.60 Å². The molecule has 1 nitrogen and oxygen atoms in total. The Bertz CT molecular complexity index is 183. The van der Waals surface area contributed by atoms with E-state index in [1.807, 2.05) is 0 Å². The van der Waals surface area contributed by atoms with Crippen molar-refractivity contribution < 1.29 is 4.74 Å². The first-order valence-corrected chi connectivity index (χ1v) is 7.94. The largest absolute Gasteiger partial charge is 0.374 e. The molecule has 0 N–H and O–H groups in total. The molecule has 0 bridgehead atoms. The summed E-state index contributed by atoms with van der Waals surface area (Å²) >= 11 is 3.65. The van der Waals surface area contributed by atoms with Gasteiger partial charge in [-0.15, -0.1) is 0 Å². The van der Waals surface area contributed by atoms with Gasteiger partial charge in [-0.25, -0.2) is 0 Å². The molecule has 0 aromatic rings. The molecule has 0 spiro atoms. The number of hydrogen-bond acceptors (Lipinski definition) is 1. The molecule has 2 heteroatoms. The smallest absolute Gasteiger partial charge is 0.0779 e. The van der Waals surface area contributed by atoms with Crippen LogP contribution in [0.1, 0.15) is 59.3 Å². The minimum atomic E-state index is 0.147. The zero-order chi connectivity index (χ0) is 12.0. The van der Waals surface area contributed by atoms with E-state index in [1.165, 1.54) is 38.5 Å². The Morgan fingerprint density at radius 1 is 1.31 bits per heavy atom. The van der Waals surface area contributed by atoms with E-state index >= 15 is 0 Å². The third-order valence-electron chi connectivity index (χ3n) is 3.68. The summed E-state index contributed by atoms with van der Waals surface area (Å²) in [4.78, 5) is 0. The van der Waals surface area contributed by atoms with E-state index < -0.39 is 0 Å². The molecule has 0 amide bonds. The van der Waals surface area contributed by atoms with Crippen molar-refractivity contribution in [3.8, 4) is 0 Å². The van der Waals surface area contributed by atoms with Crippen LogP contribution in [0.3, 0.4) is 0 Å². The standard InChI is InChI=1S/C14H27BrO/c1-4-5-13-6-8-14(11-15,9-7-13)16-10-12(2)3/h12-13H,4-11H2,1-3H3. The van der Waals surface area contributed by atoms with Gasteiger partial charge in [-0.05, 0) is 37.5 Å². The summed E-state index contributed by atoms with van der Waals surface area (Å²) in [6, 6.07) is 0. The fourth-order valence-corrected chi connectivity index (χ4v) is 3.28. The van der Waals surface area contributed by atoms with Gasteiger partial charge in [0.15, 0.2) is 0 Å². The Hall–Kier alpha value is 0.440. The van der Waals surface area contributed by atoms with Crippen LogP contribution in [0, 0.1) is 11.8 Å². The molecule has 1 aliphatic rings. The van der Waals surface area contributed by atoms with Crippen molar-refractivity contribution in [1.29, 1.82) is 0 Å². The van der Waals surface area contributed by atoms with E-state index in [0.29, 0.717) is 5.92 Å². The van der Waals surface area contributed by atoms with Gasteiger partial charge in [0.1, 0.15) is 0 Å². The monoisotopic (exact) mass is 290 g/mol. The zero-order valence-corrected chi connectivity index (χ0v) is 12.7. The van der Waals surface area contributed by atoms with E-state index in [0.717, 1.165) is 17.9 Å². The molecule has 1 saturated carbocycles. The summed E-state index contributed by atoms with van der Waals surface area (Å²) < 4.78 is 6.16. The molecular formula is C14H27BrO. The Kier molecular flexibility index (Phi) is 6.35. The minimum absolute atomic E-state index is 0.147. The lowest BCUT2D eigenvalue weighted by Gasteiger charge is -2.39. The summed E-state index contributed by atoms with van der Waals surface area (Å²) in [7, 11) is 0. The van der Waals surface area contributed by atoms with Crippen molar-refractivity contribution in [3.63, 3.8) is 0 Å². The highest BCUT2D eigenvalue weighted by atomic mass is 79.9. The van der Waals surface area contributed by atoms with Gasteiger partial charge in [0.05, 0.1) is 5.60 Å². The van der Waals surface area contributed by atoms with Crippen LogP contribution in [0.2, 0.25) is 0 Å². The molecule has 0 aromatic heterocycles. The first kappa shape index (κ1) is 14.5. The predicted octanol–water partition coefficient (Wildman–Crippen LogP) is 4.78. The van der Waals surface area contributed by atoms with Crippen LogP contribution in [0.15, 0.2) is 0 Å². The lowest BCUT2D eigenvalue weighted by atomic mass is 9.78. The van der Waals surface area contributed by atoms with Gasteiger partial charge in [0, 0.05) is 11.9 Å². The second-order valence-corrected chi connectivity index (χ2v) is 6.31. The van der Waals surface area contributed by atoms with Crippen LogP contribution in [0.25, 0.3) is 0 Å². The van der Waals surface area contributed by atoms with Crippen LogP contribution in [0.4, 0.5) is 0 Å². The molecule has 1 aliphatic carbocycles. The summed E-state index contributed by atoms with van der Waals surface area (Å²) in [5.41, 5.74) is 0.147. The Morgan fingerprint density at radius 3 is 2.38 bits per heavy atom. The van der Waals surface area contributed by atoms with Crippen LogP contribution in [-0.2, 0) is 4.74 Å². The van der Waals surface area contributed by atoms with Crippen molar-refractivity contribution in [3.05, 3.63) is 0 Å². The summed E-state index contributed by atoms with van der Waals surface area (Å²) in [5.74, 6) is 1.60.